The van der Waals surface area contributed by atoms with E-state index in [1.807, 2.05) is 0 Å². The van der Waals surface area contributed by atoms with Crippen molar-refractivity contribution in [1.29, 1.82) is 0 Å². The van der Waals surface area contributed by atoms with Gasteiger partial charge in [0.1, 0.15) is 5.82 Å². The van der Waals surface area contributed by atoms with E-state index in [0.29, 0.717) is 32.0 Å². The molecule has 3 rings (SSSR count). The SMILES string of the molecule is CC(=O)N1CCC(NC(=O)NC(c2cc(F)cc(C(F)(F)F)c2)C2CCCC2)CC1. The fourth-order valence-electron chi connectivity index (χ4n) is 4.43. The molecule has 2 N–H and O–H groups in total. The monoisotopic (exact) mass is 429 g/mol. The largest absolute Gasteiger partial charge is 0.416 e. The molecule has 1 aliphatic carbocycles. The second-order valence-corrected chi connectivity index (χ2v) is 8.19. The molecule has 2 fully saturated rings. The Labute approximate surface area is 173 Å². The van der Waals surface area contributed by atoms with Crippen molar-refractivity contribution >= 4 is 11.9 Å². The Kier molecular flexibility index (Phi) is 6.88. The first kappa shape index (κ1) is 22.4. The van der Waals surface area contributed by atoms with E-state index in [9.17, 15) is 27.2 Å². The molecule has 3 amide bonds. The van der Waals surface area contributed by atoms with Crippen molar-refractivity contribution in [2.24, 2.45) is 5.92 Å². The van der Waals surface area contributed by atoms with Gasteiger partial charge in [-0.3, -0.25) is 4.79 Å². The first-order valence-electron chi connectivity index (χ1n) is 10.3. The van der Waals surface area contributed by atoms with Crippen LogP contribution in [0.2, 0.25) is 0 Å². The molecular weight excluding hydrogens is 402 g/mol. The van der Waals surface area contributed by atoms with Crippen LogP contribution in [0.15, 0.2) is 18.2 Å². The molecule has 9 heteroatoms. The first-order chi connectivity index (χ1) is 14.1. The van der Waals surface area contributed by atoms with E-state index in [0.717, 1.165) is 37.8 Å². The lowest BCUT2D eigenvalue weighted by atomic mass is 9.90. The molecule has 2 aliphatic rings. The van der Waals surface area contributed by atoms with Crippen molar-refractivity contribution in [3.63, 3.8) is 0 Å². The molecule has 1 aromatic carbocycles. The molecule has 1 heterocycles. The number of benzene rings is 1. The summed E-state index contributed by atoms with van der Waals surface area (Å²) >= 11 is 0. The summed E-state index contributed by atoms with van der Waals surface area (Å²) in [5.74, 6) is -1.02. The van der Waals surface area contributed by atoms with Crippen molar-refractivity contribution in [2.75, 3.05) is 13.1 Å². The number of amides is 3. The third kappa shape index (κ3) is 5.64. The molecule has 1 aliphatic heterocycles. The van der Waals surface area contributed by atoms with Crippen molar-refractivity contribution in [2.45, 2.75) is 63.7 Å². The Morgan fingerprint density at radius 3 is 2.27 bits per heavy atom. The second kappa shape index (κ2) is 9.22. The van der Waals surface area contributed by atoms with Gasteiger partial charge in [0, 0.05) is 26.1 Å². The molecule has 5 nitrogen and oxygen atoms in total. The summed E-state index contributed by atoms with van der Waals surface area (Å²) in [7, 11) is 0. The molecule has 1 unspecified atom stereocenters. The zero-order valence-corrected chi connectivity index (χ0v) is 16.9. The standard InChI is InChI=1S/C21H27F4N3O2/c1-13(29)28-8-6-18(7-9-28)26-20(30)27-19(14-4-2-3-5-14)15-10-16(21(23,24)25)12-17(22)11-15/h10-12,14,18-19H,2-9H2,1H3,(H2,26,27,30). The van der Waals surface area contributed by atoms with Crippen LogP contribution in [0.1, 0.15) is 62.6 Å². The maximum absolute atomic E-state index is 14.0. The molecular formula is C21H27F4N3O2. The number of urea groups is 1. The van der Waals surface area contributed by atoms with E-state index in [4.69, 9.17) is 0 Å². The molecule has 1 saturated heterocycles. The molecule has 30 heavy (non-hydrogen) atoms. The predicted octanol–water partition coefficient (Wildman–Crippen LogP) is 4.39. The highest BCUT2D eigenvalue weighted by Crippen LogP contribution is 2.38. The lowest BCUT2D eigenvalue weighted by Gasteiger charge is -2.32. The van der Waals surface area contributed by atoms with Crippen LogP contribution >= 0.6 is 0 Å². The maximum atomic E-state index is 14.0. The van der Waals surface area contributed by atoms with Crippen LogP contribution in [0.25, 0.3) is 0 Å². The Balaban J connectivity index is 1.71. The quantitative estimate of drug-likeness (QED) is 0.698. The topological polar surface area (TPSA) is 61.4 Å². The van der Waals surface area contributed by atoms with E-state index in [1.165, 1.54) is 6.92 Å². The van der Waals surface area contributed by atoms with Gasteiger partial charge in [-0.1, -0.05) is 12.8 Å². The zero-order valence-electron chi connectivity index (χ0n) is 16.9. The summed E-state index contributed by atoms with van der Waals surface area (Å²) < 4.78 is 53.4. The highest BCUT2D eigenvalue weighted by Gasteiger charge is 2.34. The minimum Gasteiger partial charge on any atom is -0.343 e. The average Bonchev–Trinajstić information content (AvgIpc) is 3.19. The molecule has 166 valence electrons. The number of carbonyl (C=O) groups is 2. The molecule has 1 aromatic rings. The summed E-state index contributed by atoms with van der Waals surface area (Å²) in [6.45, 7) is 2.59. The van der Waals surface area contributed by atoms with Gasteiger partial charge < -0.3 is 15.5 Å². The number of hydrogen-bond acceptors (Lipinski definition) is 2. The van der Waals surface area contributed by atoms with E-state index in [2.05, 4.69) is 10.6 Å². The highest BCUT2D eigenvalue weighted by molar-refractivity contribution is 5.75. The van der Waals surface area contributed by atoms with Gasteiger partial charge in [0.2, 0.25) is 5.91 Å². The van der Waals surface area contributed by atoms with Crippen LogP contribution in [0.5, 0.6) is 0 Å². The summed E-state index contributed by atoms with van der Waals surface area (Å²) in [6, 6.07) is 1.18. The van der Waals surface area contributed by atoms with Gasteiger partial charge >= 0.3 is 12.2 Å². The number of likely N-dealkylation sites (tertiary alicyclic amines) is 1. The summed E-state index contributed by atoms with van der Waals surface area (Å²) in [5.41, 5.74) is -0.921. The van der Waals surface area contributed by atoms with Crippen LogP contribution < -0.4 is 10.6 Å². The number of alkyl halides is 3. The maximum Gasteiger partial charge on any atom is 0.416 e. The number of nitrogens with zero attached hydrogens (tertiary/aromatic N) is 1. The molecule has 0 radical (unpaired) electrons. The molecule has 0 aromatic heterocycles. The molecule has 1 saturated carbocycles. The minimum absolute atomic E-state index is 0.00854. The Bertz CT molecular complexity index is 770. The molecule has 0 bridgehead atoms. The van der Waals surface area contributed by atoms with E-state index < -0.39 is 29.6 Å². The smallest absolute Gasteiger partial charge is 0.343 e. The third-order valence-electron chi connectivity index (χ3n) is 6.04. The lowest BCUT2D eigenvalue weighted by molar-refractivity contribution is -0.137. The van der Waals surface area contributed by atoms with E-state index >= 15 is 0 Å². The van der Waals surface area contributed by atoms with Gasteiger partial charge in [0.05, 0.1) is 11.6 Å². The predicted molar refractivity (Wildman–Crippen MR) is 103 cm³/mol. The normalized spacial score (nSPS) is 19.6. The number of nitrogens with one attached hydrogen (secondary N) is 2. The van der Waals surface area contributed by atoms with E-state index in [-0.39, 0.29) is 23.4 Å². The van der Waals surface area contributed by atoms with Crippen LogP contribution in [0, 0.1) is 11.7 Å². The minimum atomic E-state index is -4.66. The van der Waals surface area contributed by atoms with Crippen molar-refractivity contribution in [3.05, 3.63) is 35.1 Å². The number of hydrogen-bond donors (Lipinski definition) is 2. The average molecular weight is 429 g/mol. The van der Waals surface area contributed by atoms with Crippen molar-refractivity contribution < 1.29 is 27.2 Å². The number of carbonyl (C=O) groups excluding carboxylic acids is 2. The van der Waals surface area contributed by atoms with Gasteiger partial charge in [-0.2, -0.15) is 13.2 Å². The Morgan fingerprint density at radius 1 is 1.07 bits per heavy atom. The van der Waals surface area contributed by atoms with Gasteiger partial charge in [0.15, 0.2) is 0 Å². The van der Waals surface area contributed by atoms with Gasteiger partial charge in [-0.15, -0.1) is 0 Å². The number of piperidine rings is 1. The lowest BCUT2D eigenvalue weighted by Crippen LogP contribution is -2.49. The highest BCUT2D eigenvalue weighted by atomic mass is 19.4. The molecule has 1 atom stereocenters. The van der Waals surface area contributed by atoms with Crippen LogP contribution in [0.4, 0.5) is 22.4 Å². The van der Waals surface area contributed by atoms with Crippen molar-refractivity contribution in [1.82, 2.24) is 15.5 Å². The fraction of sp³-hybridized carbons (Fsp3) is 0.619. The van der Waals surface area contributed by atoms with E-state index in [1.54, 1.807) is 4.90 Å². The first-order valence-corrected chi connectivity index (χ1v) is 10.3. The van der Waals surface area contributed by atoms with Gasteiger partial charge in [0.25, 0.3) is 0 Å². The fourth-order valence-corrected chi connectivity index (χ4v) is 4.43. The zero-order chi connectivity index (χ0) is 21.9. The molecule has 0 spiro atoms. The summed E-state index contributed by atoms with van der Waals surface area (Å²) in [4.78, 5) is 25.7. The number of halogens is 4. The summed E-state index contributed by atoms with van der Waals surface area (Å²) in [6.07, 6.45) is -0.0625. The number of rotatable bonds is 4. The van der Waals surface area contributed by atoms with Crippen LogP contribution in [0.3, 0.4) is 0 Å². The van der Waals surface area contributed by atoms with Crippen LogP contribution in [-0.2, 0) is 11.0 Å². The van der Waals surface area contributed by atoms with Crippen LogP contribution in [-0.4, -0.2) is 36.0 Å². The van der Waals surface area contributed by atoms with Crippen molar-refractivity contribution in [3.8, 4) is 0 Å². The van der Waals surface area contributed by atoms with Gasteiger partial charge in [-0.25, -0.2) is 9.18 Å². The third-order valence-corrected chi connectivity index (χ3v) is 6.04. The Morgan fingerprint density at radius 2 is 1.70 bits per heavy atom. The summed E-state index contributed by atoms with van der Waals surface area (Å²) in [5, 5.41) is 5.66. The van der Waals surface area contributed by atoms with Gasteiger partial charge in [-0.05, 0) is 55.4 Å². The Hall–Kier alpha value is -2.32. The second-order valence-electron chi connectivity index (χ2n) is 8.19.